The molecule has 0 heterocycles. The van der Waals surface area contributed by atoms with Crippen molar-refractivity contribution in [2.45, 2.75) is 103 Å². The molecular formula is C18H34O2. The molecule has 0 rings (SSSR count). The van der Waals surface area contributed by atoms with E-state index in [9.17, 15) is 9.59 Å². The Kier molecular flexibility index (Phi) is 15.9. The SMILES string of the molecule is CCCCCCCCCCCCCCC(=O)CCC=O. The summed E-state index contributed by atoms with van der Waals surface area (Å²) in [6.07, 6.45) is 18.2. The fourth-order valence-corrected chi connectivity index (χ4v) is 2.51. The van der Waals surface area contributed by atoms with Gasteiger partial charge in [0.2, 0.25) is 0 Å². The van der Waals surface area contributed by atoms with Crippen LogP contribution >= 0.6 is 0 Å². The number of hydrogen-bond donors (Lipinski definition) is 0. The topological polar surface area (TPSA) is 34.1 Å². The van der Waals surface area contributed by atoms with Crippen molar-refractivity contribution >= 4 is 12.1 Å². The van der Waals surface area contributed by atoms with Gasteiger partial charge in [-0.25, -0.2) is 0 Å². The molecule has 0 fully saturated rings. The molecule has 0 spiro atoms. The molecule has 20 heavy (non-hydrogen) atoms. The lowest BCUT2D eigenvalue weighted by Gasteiger charge is -2.02. The van der Waals surface area contributed by atoms with E-state index >= 15 is 0 Å². The average molecular weight is 282 g/mol. The van der Waals surface area contributed by atoms with Gasteiger partial charge in [-0.05, 0) is 6.42 Å². The van der Waals surface area contributed by atoms with Crippen molar-refractivity contribution in [1.82, 2.24) is 0 Å². The first-order chi connectivity index (χ1) is 9.81. The lowest BCUT2D eigenvalue weighted by atomic mass is 10.0. The second-order valence-corrected chi connectivity index (χ2v) is 5.88. The number of aldehydes is 1. The maximum Gasteiger partial charge on any atom is 0.133 e. The van der Waals surface area contributed by atoms with Gasteiger partial charge in [0, 0.05) is 19.3 Å². The molecule has 0 amide bonds. The fraction of sp³-hybridized carbons (Fsp3) is 0.889. The Morgan fingerprint density at radius 1 is 0.700 bits per heavy atom. The normalized spacial score (nSPS) is 10.7. The maximum atomic E-state index is 11.3. The molecule has 0 radical (unpaired) electrons. The molecule has 0 aliphatic rings. The van der Waals surface area contributed by atoms with Gasteiger partial charge in [-0.2, -0.15) is 0 Å². The van der Waals surface area contributed by atoms with Gasteiger partial charge in [0.25, 0.3) is 0 Å². The predicted octanol–water partition coefficient (Wildman–Crippen LogP) is 5.63. The summed E-state index contributed by atoms with van der Waals surface area (Å²) in [6.45, 7) is 2.26. The number of carbonyl (C=O) groups is 2. The van der Waals surface area contributed by atoms with Gasteiger partial charge in [-0.3, -0.25) is 4.79 Å². The molecule has 0 N–H and O–H groups in total. The average Bonchev–Trinajstić information content (AvgIpc) is 2.46. The molecule has 2 nitrogen and oxygen atoms in total. The van der Waals surface area contributed by atoms with E-state index in [1.807, 2.05) is 0 Å². The van der Waals surface area contributed by atoms with Crippen LogP contribution in [0.5, 0.6) is 0 Å². The first kappa shape index (κ1) is 19.3. The van der Waals surface area contributed by atoms with E-state index in [1.54, 1.807) is 0 Å². The van der Waals surface area contributed by atoms with Crippen LogP contribution in [0.1, 0.15) is 103 Å². The van der Waals surface area contributed by atoms with Gasteiger partial charge in [-0.15, -0.1) is 0 Å². The molecule has 0 unspecified atom stereocenters. The zero-order valence-corrected chi connectivity index (χ0v) is 13.5. The molecule has 0 aliphatic carbocycles. The lowest BCUT2D eigenvalue weighted by molar-refractivity contribution is -0.120. The van der Waals surface area contributed by atoms with Crippen molar-refractivity contribution in [2.75, 3.05) is 0 Å². The van der Waals surface area contributed by atoms with Crippen molar-refractivity contribution in [3.05, 3.63) is 0 Å². The van der Waals surface area contributed by atoms with Crippen LogP contribution in [0.15, 0.2) is 0 Å². The Labute approximate surface area is 125 Å². The molecule has 2 heteroatoms. The van der Waals surface area contributed by atoms with E-state index in [0.717, 1.165) is 12.7 Å². The first-order valence-corrected chi connectivity index (χ1v) is 8.76. The summed E-state index contributed by atoms with van der Waals surface area (Å²) in [5.41, 5.74) is 0. The van der Waals surface area contributed by atoms with Crippen LogP contribution in [0.25, 0.3) is 0 Å². The summed E-state index contributed by atoms with van der Waals surface area (Å²) < 4.78 is 0. The number of Topliss-reactive ketones (excluding diaryl/α,β-unsaturated/α-hetero) is 1. The molecule has 0 bridgehead atoms. The van der Waals surface area contributed by atoms with Crippen molar-refractivity contribution < 1.29 is 9.59 Å². The van der Waals surface area contributed by atoms with Crippen LogP contribution in [0.2, 0.25) is 0 Å². The number of carbonyl (C=O) groups excluding carboxylic acids is 2. The van der Waals surface area contributed by atoms with E-state index in [0.29, 0.717) is 19.3 Å². The van der Waals surface area contributed by atoms with Crippen molar-refractivity contribution in [3.8, 4) is 0 Å². The number of rotatable bonds is 16. The van der Waals surface area contributed by atoms with Crippen LogP contribution in [0, 0.1) is 0 Å². The molecule has 118 valence electrons. The molecule has 0 saturated carbocycles. The maximum absolute atomic E-state index is 11.3. The molecule has 0 aliphatic heterocycles. The molecule has 0 atom stereocenters. The Morgan fingerprint density at radius 2 is 1.15 bits per heavy atom. The van der Waals surface area contributed by atoms with E-state index in [2.05, 4.69) is 6.92 Å². The smallest absolute Gasteiger partial charge is 0.133 e. The van der Waals surface area contributed by atoms with Gasteiger partial charge < -0.3 is 4.79 Å². The second-order valence-electron chi connectivity index (χ2n) is 5.88. The van der Waals surface area contributed by atoms with Gasteiger partial charge >= 0.3 is 0 Å². The second kappa shape index (κ2) is 16.4. The minimum absolute atomic E-state index is 0.254. The molecule has 0 saturated heterocycles. The highest BCUT2D eigenvalue weighted by molar-refractivity contribution is 5.80. The van der Waals surface area contributed by atoms with E-state index in [1.165, 1.54) is 70.6 Å². The summed E-state index contributed by atoms with van der Waals surface area (Å²) in [4.78, 5) is 21.5. The van der Waals surface area contributed by atoms with Gasteiger partial charge in [0.1, 0.15) is 12.1 Å². The van der Waals surface area contributed by atoms with Crippen LogP contribution in [0.4, 0.5) is 0 Å². The number of hydrogen-bond acceptors (Lipinski definition) is 2. The summed E-state index contributed by atoms with van der Waals surface area (Å²) in [6, 6.07) is 0. The van der Waals surface area contributed by atoms with Gasteiger partial charge in [0.05, 0.1) is 0 Å². The minimum atomic E-state index is 0.254. The quantitative estimate of drug-likeness (QED) is 0.272. The van der Waals surface area contributed by atoms with Crippen LogP contribution < -0.4 is 0 Å². The van der Waals surface area contributed by atoms with Crippen LogP contribution in [-0.4, -0.2) is 12.1 Å². The number of ketones is 1. The van der Waals surface area contributed by atoms with Gasteiger partial charge in [-0.1, -0.05) is 77.6 Å². The standard InChI is InChI=1S/C18H34O2/c1-2-3-4-5-6-7-8-9-10-11-12-13-15-18(20)16-14-17-19/h17H,2-16H2,1H3. The summed E-state index contributed by atoms with van der Waals surface area (Å²) >= 11 is 0. The van der Waals surface area contributed by atoms with Gasteiger partial charge in [0.15, 0.2) is 0 Å². The van der Waals surface area contributed by atoms with Crippen LogP contribution in [0.3, 0.4) is 0 Å². The van der Waals surface area contributed by atoms with E-state index in [4.69, 9.17) is 0 Å². The Morgan fingerprint density at radius 3 is 1.60 bits per heavy atom. The lowest BCUT2D eigenvalue weighted by Crippen LogP contribution is -1.97. The Hall–Kier alpha value is -0.660. The minimum Gasteiger partial charge on any atom is -0.303 e. The van der Waals surface area contributed by atoms with E-state index < -0.39 is 0 Å². The number of unbranched alkanes of at least 4 members (excludes halogenated alkanes) is 11. The zero-order valence-electron chi connectivity index (χ0n) is 13.5. The van der Waals surface area contributed by atoms with Crippen molar-refractivity contribution in [3.63, 3.8) is 0 Å². The van der Waals surface area contributed by atoms with E-state index in [-0.39, 0.29) is 5.78 Å². The Bertz CT molecular complexity index is 223. The third kappa shape index (κ3) is 15.4. The largest absolute Gasteiger partial charge is 0.303 e. The highest BCUT2D eigenvalue weighted by Gasteiger charge is 2.00. The predicted molar refractivity (Wildman–Crippen MR) is 86.0 cm³/mol. The highest BCUT2D eigenvalue weighted by atomic mass is 16.1. The molecule has 0 aromatic heterocycles. The van der Waals surface area contributed by atoms with Crippen LogP contribution in [-0.2, 0) is 9.59 Å². The summed E-state index contributed by atoms with van der Waals surface area (Å²) in [5.74, 6) is 0.254. The van der Waals surface area contributed by atoms with Crippen molar-refractivity contribution in [1.29, 1.82) is 0 Å². The monoisotopic (exact) mass is 282 g/mol. The highest BCUT2D eigenvalue weighted by Crippen LogP contribution is 2.12. The molecule has 0 aromatic rings. The first-order valence-electron chi connectivity index (χ1n) is 8.76. The Balaban J connectivity index is 3.06. The summed E-state index contributed by atoms with van der Waals surface area (Å²) in [7, 11) is 0. The third-order valence-corrected chi connectivity index (χ3v) is 3.85. The zero-order chi connectivity index (χ0) is 14.9. The summed E-state index contributed by atoms with van der Waals surface area (Å²) in [5, 5.41) is 0. The molecular weight excluding hydrogens is 248 g/mol. The fourth-order valence-electron chi connectivity index (χ4n) is 2.51. The third-order valence-electron chi connectivity index (χ3n) is 3.85. The molecule has 0 aromatic carbocycles. The van der Waals surface area contributed by atoms with Crippen molar-refractivity contribution in [2.24, 2.45) is 0 Å².